The van der Waals surface area contributed by atoms with Crippen LogP contribution in [-0.4, -0.2) is 0 Å². The van der Waals surface area contributed by atoms with Crippen molar-refractivity contribution in [2.24, 2.45) is 0 Å². The largest absolute Gasteiger partial charge is 0.456 e. The molecule has 0 aromatic heterocycles. The number of ether oxygens (including phenoxy) is 1. The van der Waals surface area contributed by atoms with Crippen LogP contribution < -0.4 is 4.74 Å². The number of halogens is 4. The Balaban J connectivity index is 2.34. The predicted octanol–water partition coefficient (Wildman–Crippen LogP) is 5.06. The third kappa shape index (κ3) is 2.87. The molecule has 2 aromatic carbocycles. The van der Waals surface area contributed by atoms with Crippen LogP contribution in [0.1, 0.15) is 0 Å². The molecule has 5 heteroatoms. The van der Waals surface area contributed by atoms with Gasteiger partial charge in [0.2, 0.25) is 0 Å². The van der Waals surface area contributed by atoms with Gasteiger partial charge in [-0.2, -0.15) is 0 Å². The zero-order chi connectivity index (χ0) is 12.4. The summed E-state index contributed by atoms with van der Waals surface area (Å²) in [6.45, 7) is 0. The maximum Gasteiger partial charge on any atom is 0.147 e. The second-order valence-corrected chi connectivity index (χ2v) is 4.04. The van der Waals surface area contributed by atoms with Gasteiger partial charge in [0.25, 0.3) is 0 Å². The molecule has 0 saturated carbocycles. The van der Waals surface area contributed by atoms with Crippen molar-refractivity contribution in [3.63, 3.8) is 0 Å². The van der Waals surface area contributed by atoms with Crippen LogP contribution in [0.2, 0.25) is 10.0 Å². The fourth-order valence-electron chi connectivity index (χ4n) is 1.28. The zero-order valence-electron chi connectivity index (χ0n) is 8.38. The fraction of sp³-hybridized carbons (Fsp3) is 0. The van der Waals surface area contributed by atoms with Crippen LogP contribution in [0.3, 0.4) is 0 Å². The molecule has 2 aromatic rings. The van der Waals surface area contributed by atoms with Gasteiger partial charge < -0.3 is 4.74 Å². The number of benzene rings is 2. The van der Waals surface area contributed by atoms with Gasteiger partial charge in [-0.3, -0.25) is 0 Å². The van der Waals surface area contributed by atoms with E-state index < -0.39 is 11.6 Å². The highest BCUT2D eigenvalue weighted by atomic mass is 35.5. The summed E-state index contributed by atoms with van der Waals surface area (Å²) in [7, 11) is 0. The maximum atomic E-state index is 12.9. The van der Waals surface area contributed by atoms with Crippen molar-refractivity contribution < 1.29 is 13.5 Å². The van der Waals surface area contributed by atoms with Crippen molar-refractivity contribution in [2.45, 2.75) is 0 Å². The van der Waals surface area contributed by atoms with Gasteiger partial charge in [-0.1, -0.05) is 29.3 Å². The lowest BCUT2D eigenvalue weighted by atomic mass is 10.3. The Hall–Kier alpha value is -1.32. The van der Waals surface area contributed by atoms with E-state index in [2.05, 4.69) is 0 Å². The maximum absolute atomic E-state index is 12.9. The monoisotopic (exact) mass is 274 g/mol. The summed E-state index contributed by atoms with van der Waals surface area (Å²) in [5, 5.41) is 0.500. The van der Waals surface area contributed by atoms with Gasteiger partial charge in [0, 0.05) is 18.2 Å². The molecule has 0 saturated heterocycles. The van der Waals surface area contributed by atoms with Crippen LogP contribution in [0.5, 0.6) is 11.5 Å². The van der Waals surface area contributed by atoms with Crippen LogP contribution >= 0.6 is 23.2 Å². The van der Waals surface area contributed by atoms with Crippen molar-refractivity contribution in [3.05, 3.63) is 58.1 Å². The Morgan fingerprint density at radius 2 is 1.59 bits per heavy atom. The van der Waals surface area contributed by atoms with Crippen LogP contribution in [-0.2, 0) is 0 Å². The van der Waals surface area contributed by atoms with Crippen molar-refractivity contribution in [3.8, 4) is 11.5 Å². The minimum Gasteiger partial charge on any atom is -0.456 e. The zero-order valence-corrected chi connectivity index (χ0v) is 9.90. The fourth-order valence-corrected chi connectivity index (χ4v) is 1.61. The first kappa shape index (κ1) is 12.1. The van der Waals surface area contributed by atoms with E-state index in [0.29, 0.717) is 5.02 Å². The first-order chi connectivity index (χ1) is 8.06. The van der Waals surface area contributed by atoms with Gasteiger partial charge in [-0.15, -0.1) is 0 Å². The van der Waals surface area contributed by atoms with Crippen molar-refractivity contribution >= 4 is 23.2 Å². The molecule has 0 atom stereocenters. The number of hydrogen-bond acceptors (Lipinski definition) is 1. The summed E-state index contributed by atoms with van der Waals surface area (Å²) in [4.78, 5) is 0. The molecule has 0 aliphatic heterocycles. The van der Waals surface area contributed by atoms with E-state index >= 15 is 0 Å². The second-order valence-electron chi connectivity index (χ2n) is 3.26. The number of rotatable bonds is 2. The van der Waals surface area contributed by atoms with Crippen LogP contribution in [0.15, 0.2) is 36.4 Å². The minimum atomic E-state index is -0.724. The molecule has 0 heterocycles. The van der Waals surface area contributed by atoms with Crippen LogP contribution in [0.4, 0.5) is 8.78 Å². The van der Waals surface area contributed by atoms with Gasteiger partial charge in [0.1, 0.15) is 28.2 Å². The highest BCUT2D eigenvalue weighted by Gasteiger charge is 2.08. The molecule has 0 unspecified atom stereocenters. The van der Waals surface area contributed by atoms with Crippen molar-refractivity contribution in [1.29, 1.82) is 0 Å². The molecular weight excluding hydrogens is 269 g/mol. The van der Waals surface area contributed by atoms with Crippen LogP contribution in [0.25, 0.3) is 0 Å². The molecule has 0 amide bonds. The molecule has 0 aliphatic carbocycles. The Morgan fingerprint density at radius 1 is 0.941 bits per heavy atom. The van der Waals surface area contributed by atoms with E-state index in [1.807, 2.05) is 0 Å². The molecular formula is C12H6Cl2F2O. The number of hydrogen-bond donors (Lipinski definition) is 0. The summed E-state index contributed by atoms with van der Waals surface area (Å²) in [6, 6.07) is 7.63. The normalized spacial score (nSPS) is 10.4. The van der Waals surface area contributed by atoms with Gasteiger partial charge in [-0.05, 0) is 12.1 Å². The third-order valence-corrected chi connectivity index (χ3v) is 2.78. The standard InChI is InChI=1S/C12H6Cl2F2O/c13-10-2-1-3-11(12(10)14)17-9-5-7(15)4-8(16)6-9/h1-6H. The molecule has 0 N–H and O–H groups in total. The van der Waals surface area contributed by atoms with E-state index in [-0.39, 0.29) is 16.5 Å². The molecule has 0 spiro atoms. The quantitative estimate of drug-likeness (QED) is 0.744. The van der Waals surface area contributed by atoms with Gasteiger partial charge in [-0.25, -0.2) is 8.78 Å². The first-order valence-corrected chi connectivity index (χ1v) is 5.40. The first-order valence-electron chi connectivity index (χ1n) is 4.64. The molecule has 0 fully saturated rings. The van der Waals surface area contributed by atoms with Crippen LogP contribution in [0, 0.1) is 11.6 Å². The minimum absolute atomic E-state index is 0.0201. The average Bonchev–Trinajstić information content (AvgIpc) is 2.23. The lowest BCUT2D eigenvalue weighted by Crippen LogP contribution is -1.88. The highest BCUT2D eigenvalue weighted by molar-refractivity contribution is 6.42. The molecule has 0 aliphatic rings. The van der Waals surface area contributed by atoms with Gasteiger partial charge >= 0.3 is 0 Å². The summed E-state index contributed by atoms with van der Waals surface area (Å²) in [6.07, 6.45) is 0. The van der Waals surface area contributed by atoms with E-state index in [4.69, 9.17) is 27.9 Å². The molecule has 0 radical (unpaired) electrons. The molecule has 17 heavy (non-hydrogen) atoms. The van der Waals surface area contributed by atoms with E-state index in [1.54, 1.807) is 18.2 Å². The Kier molecular flexibility index (Phi) is 3.50. The second kappa shape index (κ2) is 4.90. The van der Waals surface area contributed by atoms with E-state index in [0.717, 1.165) is 18.2 Å². The SMILES string of the molecule is Fc1cc(F)cc(Oc2cccc(Cl)c2Cl)c1. The topological polar surface area (TPSA) is 9.23 Å². The highest BCUT2D eigenvalue weighted by Crippen LogP contribution is 2.34. The van der Waals surface area contributed by atoms with E-state index in [1.165, 1.54) is 0 Å². The predicted molar refractivity (Wildman–Crippen MR) is 62.9 cm³/mol. The molecule has 1 nitrogen and oxygen atoms in total. The summed E-state index contributed by atoms with van der Waals surface area (Å²) in [5.41, 5.74) is 0. The van der Waals surface area contributed by atoms with Crippen molar-refractivity contribution in [1.82, 2.24) is 0 Å². The lowest BCUT2D eigenvalue weighted by Gasteiger charge is -2.08. The molecule has 0 bridgehead atoms. The summed E-state index contributed by atoms with van der Waals surface area (Å²) < 4.78 is 31.1. The van der Waals surface area contributed by atoms with Crippen molar-refractivity contribution in [2.75, 3.05) is 0 Å². The molecule has 2 rings (SSSR count). The Bertz CT molecular complexity index is 538. The third-order valence-electron chi connectivity index (χ3n) is 1.98. The van der Waals surface area contributed by atoms with Gasteiger partial charge in [0.15, 0.2) is 0 Å². The smallest absolute Gasteiger partial charge is 0.147 e. The average molecular weight is 275 g/mol. The Labute approximate surface area is 107 Å². The van der Waals surface area contributed by atoms with E-state index in [9.17, 15) is 8.78 Å². The summed E-state index contributed by atoms with van der Waals surface area (Å²) >= 11 is 11.7. The Morgan fingerprint density at radius 3 is 2.24 bits per heavy atom. The summed E-state index contributed by atoms with van der Waals surface area (Å²) in [5.74, 6) is -1.19. The lowest BCUT2D eigenvalue weighted by molar-refractivity contribution is 0.468. The van der Waals surface area contributed by atoms with Gasteiger partial charge in [0.05, 0.1) is 5.02 Å². The molecule has 88 valence electrons.